The molecule has 0 aliphatic carbocycles. The summed E-state index contributed by atoms with van der Waals surface area (Å²) in [6.45, 7) is 3.04. The predicted molar refractivity (Wildman–Crippen MR) is 218 cm³/mol. The molecule has 3 amide bonds. The number of aliphatic carboxylic acids is 1. The van der Waals surface area contributed by atoms with Crippen LogP contribution in [0.4, 0.5) is 29.6 Å². The molecule has 22 nitrogen and oxygen atoms in total. The lowest BCUT2D eigenvalue weighted by atomic mass is 10.2. The number of alkyl halides is 3. The summed E-state index contributed by atoms with van der Waals surface area (Å²) in [4.78, 5) is 66.1. The van der Waals surface area contributed by atoms with Crippen LogP contribution in [-0.2, 0) is 25.6 Å². The number of nitro benzene ring substituents is 1. The van der Waals surface area contributed by atoms with Crippen LogP contribution in [0.15, 0.2) is 65.8 Å². The highest BCUT2D eigenvalue weighted by atomic mass is 35.5. The van der Waals surface area contributed by atoms with E-state index < -0.39 is 63.0 Å². The van der Waals surface area contributed by atoms with Gasteiger partial charge in [0.05, 0.1) is 48.0 Å². The quantitative estimate of drug-likeness (QED) is 0.0577. The zero-order chi connectivity index (χ0) is 47.9. The van der Waals surface area contributed by atoms with Crippen molar-refractivity contribution in [3.63, 3.8) is 0 Å². The van der Waals surface area contributed by atoms with Crippen LogP contribution in [0.5, 0.6) is 29.0 Å². The lowest BCUT2D eigenvalue weighted by Crippen LogP contribution is -2.36. The van der Waals surface area contributed by atoms with Crippen molar-refractivity contribution in [1.82, 2.24) is 24.6 Å². The number of ether oxygens (including phenoxy) is 4. The smallest absolute Gasteiger partial charge is 0.416 e. The van der Waals surface area contributed by atoms with Gasteiger partial charge in [-0.2, -0.15) is 31.6 Å². The summed E-state index contributed by atoms with van der Waals surface area (Å²) < 4.78 is 95.7. The molecule has 344 valence electrons. The third-order valence-electron chi connectivity index (χ3n) is 7.30. The van der Waals surface area contributed by atoms with E-state index in [1.807, 2.05) is 0 Å². The van der Waals surface area contributed by atoms with Crippen LogP contribution >= 0.6 is 19.0 Å². The fourth-order valence-corrected chi connectivity index (χ4v) is 6.36. The largest absolute Gasteiger partial charge is 0.487 e. The number of benzene rings is 2. The van der Waals surface area contributed by atoms with Crippen molar-refractivity contribution in [2.24, 2.45) is 5.73 Å². The van der Waals surface area contributed by atoms with Gasteiger partial charge in [0.2, 0.25) is 23.5 Å². The summed E-state index contributed by atoms with van der Waals surface area (Å²) in [6.07, 6.45) is -3.33. The van der Waals surface area contributed by atoms with Crippen molar-refractivity contribution in [2.75, 3.05) is 53.1 Å². The molecule has 4 aromatic rings. The average Bonchev–Trinajstić information content (AvgIpc) is 3.19. The number of carboxylic acids is 1. The number of nitrogens with zero attached hydrogens (tertiary/aromatic N) is 5. The van der Waals surface area contributed by atoms with Gasteiger partial charge < -0.3 is 39.6 Å². The number of sulfonamides is 1. The molecule has 2 atom stereocenters. The van der Waals surface area contributed by atoms with E-state index in [4.69, 9.17) is 46.3 Å². The Morgan fingerprint density at radius 2 is 1.67 bits per heavy atom. The molecule has 0 aliphatic heterocycles. The summed E-state index contributed by atoms with van der Waals surface area (Å²) in [5, 5.41) is 20.5. The molecular weight excluding hydrogens is 912 g/mol. The van der Waals surface area contributed by atoms with Gasteiger partial charge in [0.1, 0.15) is 17.5 Å². The molecule has 0 bridgehead atoms. The van der Waals surface area contributed by atoms with Gasteiger partial charge in [-0.25, -0.2) is 14.5 Å². The summed E-state index contributed by atoms with van der Waals surface area (Å²) in [7, 11) is -1.95. The SMILES string of the molecule is CCOc1cc(Oc2ccc(C(F)(F)F)cc2Cl)ccc1[N+](=O)[O-].COc1cc(OC)nc(NC(=O)NS(=O)(=O)c2ncccc2C(=O)N(C)C)n1.CP(=O)(O)CCC(N)C(=O)O. The number of methoxy groups -OCH3 is 2. The molecule has 0 saturated heterocycles. The Kier molecular flexibility index (Phi) is 19.4. The van der Waals surface area contributed by atoms with Crippen molar-refractivity contribution >= 4 is 58.5 Å². The van der Waals surface area contributed by atoms with Gasteiger partial charge in [0, 0.05) is 45.3 Å². The standard InChI is InChI=1S/C15H11ClF3NO4.C15H18N6O6S.C5H12NO4P/c1-2-23-14-8-10(4-5-12(14)20(21)22)24-13-6-3-9(7-11(13)16)15(17,18)19;1-21(2)13(22)9-6-5-7-16-12(9)28(24,25)20-15(23)19-14-17-10(26-3)8-11(18-14)27-4;1-11(9,10)3-2-4(6)5(7)8/h3-8H,2H2,1H3;5-8H,1-4H3,(H2,17,18,19,20,23);4H,2-3,6H2,1H3,(H,7,8)(H,9,10). The van der Waals surface area contributed by atoms with Gasteiger partial charge in [0.15, 0.2) is 12.4 Å². The number of urea groups is 1. The molecule has 2 aromatic carbocycles. The number of nitrogens with two attached hydrogens (primary N) is 1. The minimum Gasteiger partial charge on any atom is -0.487 e. The van der Waals surface area contributed by atoms with Gasteiger partial charge in [-0.05, 0) is 49.7 Å². The number of rotatable bonds is 15. The first kappa shape index (κ1) is 52.8. The Morgan fingerprint density at radius 1 is 1.05 bits per heavy atom. The number of nitro groups is 1. The summed E-state index contributed by atoms with van der Waals surface area (Å²) in [6, 6.07) is 8.27. The molecule has 28 heteroatoms. The zero-order valence-corrected chi connectivity index (χ0v) is 36.4. The lowest BCUT2D eigenvalue weighted by Gasteiger charge is -2.14. The van der Waals surface area contributed by atoms with Crippen LogP contribution in [0.1, 0.15) is 29.3 Å². The third-order valence-corrected chi connectivity index (χ3v) is 9.97. The number of hydrogen-bond acceptors (Lipinski definition) is 16. The van der Waals surface area contributed by atoms with Crippen molar-refractivity contribution in [1.29, 1.82) is 0 Å². The van der Waals surface area contributed by atoms with E-state index in [1.54, 1.807) is 11.6 Å². The molecule has 4 rings (SSSR count). The van der Waals surface area contributed by atoms with Crippen molar-refractivity contribution in [2.45, 2.75) is 30.6 Å². The Bertz CT molecular complexity index is 2410. The molecule has 0 spiro atoms. The number of halogens is 4. The zero-order valence-electron chi connectivity index (χ0n) is 33.9. The number of anilines is 1. The van der Waals surface area contributed by atoms with Gasteiger partial charge in [-0.3, -0.25) is 29.6 Å². The first-order chi connectivity index (χ1) is 29.2. The number of amides is 3. The van der Waals surface area contributed by atoms with Crippen molar-refractivity contribution in [3.05, 3.63) is 87.1 Å². The molecule has 2 heterocycles. The van der Waals surface area contributed by atoms with Crippen LogP contribution in [0.2, 0.25) is 5.02 Å². The normalized spacial score (nSPS) is 12.3. The van der Waals surface area contributed by atoms with Crippen LogP contribution in [0.3, 0.4) is 0 Å². The predicted octanol–water partition coefficient (Wildman–Crippen LogP) is 5.25. The Morgan fingerprint density at radius 3 is 2.16 bits per heavy atom. The molecule has 0 fully saturated rings. The van der Waals surface area contributed by atoms with Gasteiger partial charge in [-0.1, -0.05) is 11.6 Å². The second-order valence-electron chi connectivity index (χ2n) is 12.5. The fourth-order valence-electron chi connectivity index (χ4n) is 4.34. The summed E-state index contributed by atoms with van der Waals surface area (Å²) in [5.41, 5.74) is 3.75. The van der Waals surface area contributed by atoms with E-state index in [9.17, 15) is 50.7 Å². The van der Waals surface area contributed by atoms with E-state index in [1.165, 1.54) is 82.5 Å². The van der Waals surface area contributed by atoms with E-state index in [2.05, 4.69) is 20.3 Å². The van der Waals surface area contributed by atoms with E-state index >= 15 is 0 Å². The number of carboxylic acid groups (broad SMARTS) is 1. The molecule has 0 radical (unpaired) electrons. The molecule has 0 saturated carbocycles. The average molecular weight is 953 g/mol. The fraction of sp³-hybridized carbons (Fsp3) is 0.314. The molecular formula is C35H41ClF3N8O14PS. The summed E-state index contributed by atoms with van der Waals surface area (Å²) in [5.74, 6) is -1.68. The van der Waals surface area contributed by atoms with Gasteiger partial charge >= 0.3 is 23.9 Å². The Balaban J connectivity index is 0.000000355. The number of carbonyl (C=O) groups excluding carboxylic acids is 2. The van der Waals surface area contributed by atoms with Crippen LogP contribution in [-0.4, -0.2) is 115 Å². The second-order valence-corrected chi connectivity index (χ2v) is 17.0. The summed E-state index contributed by atoms with van der Waals surface area (Å²) >= 11 is 5.80. The van der Waals surface area contributed by atoms with Gasteiger partial charge in [-0.15, -0.1) is 0 Å². The Labute approximate surface area is 362 Å². The number of nitrogens with one attached hydrogen (secondary N) is 2. The molecule has 63 heavy (non-hydrogen) atoms. The number of carbonyl (C=O) groups is 3. The Hall–Kier alpha value is -6.34. The highest BCUT2D eigenvalue weighted by Crippen LogP contribution is 2.39. The minimum atomic E-state index is -4.52. The maximum Gasteiger partial charge on any atom is 0.416 e. The number of hydrogen-bond donors (Lipinski definition) is 5. The van der Waals surface area contributed by atoms with Crippen LogP contribution in [0, 0.1) is 10.1 Å². The molecule has 6 N–H and O–H groups in total. The first-order valence-corrected chi connectivity index (χ1v) is 21.6. The van der Waals surface area contributed by atoms with Crippen molar-refractivity contribution in [3.8, 4) is 29.0 Å². The van der Waals surface area contributed by atoms with E-state index in [0.717, 1.165) is 18.2 Å². The van der Waals surface area contributed by atoms with E-state index in [0.29, 0.717) is 0 Å². The van der Waals surface area contributed by atoms with Crippen LogP contribution in [0.25, 0.3) is 0 Å². The highest BCUT2D eigenvalue weighted by molar-refractivity contribution is 7.90. The monoisotopic (exact) mass is 952 g/mol. The molecule has 0 aliphatic rings. The van der Waals surface area contributed by atoms with Crippen molar-refractivity contribution < 1.29 is 74.4 Å². The minimum absolute atomic E-state index is 0.0111. The number of pyridine rings is 1. The van der Waals surface area contributed by atoms with Crippen LogP contribution < -0.4 is 34.7 Å². The van der Waals surface area contributed by atoms with E-state index in [-0.39, 0.29) is 70.4 Å². The maximum absolute atomic E-state index is 12.6. The molecule has 2 unspecified atom stereocenters. The first-order valence-electron chi connectivity index (χ1n) is 17.4. The lowest BCUT2D eigenvalue weighted by molar-refractivity contribution is -0.385. The van der Waals surface area contributed by atoms with Gasteiger partial charge in [0.25, 0.3) is 15.9 Å². The topological polar surface area (TPSA) is 315 Å². The third kappa shape index (κ3) is 17.2. The maximum atomic E-state index is 12.6. The number of aromatic nitrogens is 3. The second kappa shape index (κ2) is 23.2. The molecule has 2 aromatic heterocycles. The highest BCUT2D eigenvalue weighted by Gasteiger charge is 2.31.